The number of unbranched alkanes of at least 4 members (excludes halogenated alkanes) is 1. The lowest BCUT2D eigenvalue weighted by Crippen LogP contribution is -2.60. The van der Waals surface area contributed by atoms with Crippen molar-refractivity contribution in [1.82, 2.24) is 20.9 Å². The number of nitrogens with one attached hydrogen (secondary N) is 4. The highest BCUT2D eigenvalue weighted by molar-refractivity contribution is 6.01. The normalized spacial score (nSPS) is 19.4. The number of rotatable bonds is 29. The van der Waals surface area contributed by atoms with Crippen molar-refractivity contribution >= 4 is 46.2 Å². The number of nitrogens with two attached hydrogens (primary N) is 1. The van der Waals surface area contributed by atoms with Gasteiger partial charge in [-0.3, -0.25) is 14.9 Å². The van der Waals surface area contributed by atoms with Crippen LogP contribution in [0.3, 0.4) is 0 Å². The zero-order valence-electron chi connectivity index (χ0n) is 34.4. The topological polar surface area (TPSA) is 188 Å². The number of ether oxygens (including phenoxy) is 5. The molecule has 0 radical (unpaired) electrons. The second kappa shape index (κ2) is 27.2. The van der Waals surface area contributed by atoms with E-state index in [0.717, 1.165) is 54.4 Å². The molecule has 1 heterocycles. The van der Waals surface area contributed by atoms with E-state index in [1.807, 2.05) is 32.3 Å². The molecule has 4 unspecified atom stereocenters. The van der Waals surface area contributed by atoms with Gasteiger partial charge in [0, 0.05) is 57.4 Å². The highest BCUT2D eigenvalue weighted by Crippen LogP contribution is 2.46. The number of carbonyl (C=O) groups is 3. The second-order valence-corrected chi connectivity index (χ2v) is 14.9. The molecule has 0 saturated heterocycles. The number of nitrogens with zero attached hydrogens (tertiary/aromatic N) is 2. The van der Waals surface area contributed by atoms with Gasteiger partial charge in [-0.1, -0.05) is 50.3 Å². The number of para-hydroxylation sites is 1. The Labute approximate surface area is 339 Å². The van der Waals surface area contributed by atoms with Gasteiger partial charge in [-0.05, 0) is 43.6 Å². The summed E-state index contributed by atoms with van der Waals surface area (Å²) in [5, 5.41) is 13.5. The van der Waals surface area contributed by atoms with Gasteiger partial charge in [-0.15, -0.1) is 0 Å². The fourth-order valence-corrected chi connectivity index (χ4v) is 7.95. The van der Waals surface area contributed by atoms with Gasteiger partial charge in [-0.25, -0.2) is 4.98 Å². The predicted molar refractivity (Wildman–Crippen MR) is 223 cm³/mol. The highest BCUT2D eigenvalue weighted by atomic mass is 16.6. The predicted octanol–water partition coefficient (Wildman–Crippen LogP) is 3.89. The van der Waals surface area contributed by atoms with Crippen LogP contribution in [0, 0.1) is 17.8 Å². The van der Waals surface area contributed by atoms with Crippen molar-refractivity contribution in [3.05, 3.63) is 24.3 Å². The average molecular weight is 800 g/mol. The molecule has 2 aliphatic rings. The number of anilines is 3. The maximum Gasteiger partial charge on any atom is 0.223 e. The van der Waals surface area contributed by atoms with Crippen molar-refractivity contribution in [3.63, 3.8) is 0 Å². The lowest BCUT2D eigenvalue weighted by molar-refractivity contribution is -0.124. The number of benzene rings is 1. The number of aromatic nitrogens is 1. The van der Waals surface area contributed by atoms with E-state index in [-0.39, 0.29) is 30.2 Å². The molecule has 2 aliphatic carbocycles. The van der Waals surface area contributed by atoms with Crippen molar-refractivity contribution in [2.45, 2.75) is 76.7 Å². The third-order valence-electron chi connectivity index (χ3n) is 11.0. The third-order valence-corrected chi connectivity index (χ3v) is 11.0. The third kappa shape index (κ3) is 15.9. The maximum atomic E-state index is 12.2. The van der Waals surface area contributed by atoms with Crippen LogP contribution >= 0.6 is 0 Å². The Morgan fingerprint density at radius 1 is 0.789 bits per heavy atom. The first-order chi connectivity index (χ1) is 27.9. The molecule has 2 saturated carbocycles. The van der Waals surface area contributed by atoms with Gasteiger partial charge in [0.15, 0.2) is 0 Å². The van der Waals surface area contributed by atoms with Gasteiger partial charge in [0.2, 0.25) is 11.8 Å². The number of hydrogen-bond donors (Lipinski definition) is 5. The molecule has 1 aromatic carbocycles. The zero-order valence-corrected chi connectivity index (χ0v) is 34.4. The second-order valence-electron chi connectivity index (χ2n) is 14.9. The summed E-state index contributed by atoms with van der Waals surface area (Å²) in [6.07, 6.45) is 12.1. The summed E-state index contributed by atoms with van der Waals surface area (Å²) in [5.41, 5.74) is 8.92. The lowest BCUT2D eigenvalue weighted by atomic mass is 9.58. The molecule has 6 N–H and O–H groups in total. The molecule has 15 nitrogen and oxygen atoms in total. The van der Waals surface area contributed by atoms with Gasteiger partial charge in [-0.2, -0.15) is 0 Å². The van der Waals surface area contributed by atoms with Gasteiger partial charge in [0.05, 0.1) is 83.9 Å². The van der Waals surface area contributed by atoms with E-state index in [1.165, 1.54) is 38.5 Å². The largest absolute Gasteiger partial charge is 0.383 e. The minimum atomic E-state index is -0.0735. The highest BCUT2D eigenvalue weighted by Gasteiger charge is 2.48. The van der Waals surface area contributed by atoms with Crippen LogP contribution in [0.25, 0.3) is 10.9 Å². The van der Waals surface area contributed by atoms with E-state index in [9.17, 15) is 14.4 Å². The van der Waals surface area contributed by atoms with E-state index in [1.54, 1.807) is 0 Å². The van der Waals surface area contributed by atoms with Gasteiger partial charge in [0.1, 0.15) is 17.8 Å². The van der Waals surface area contributed by atoms with E-state index in [0.29, 0.717) is 103 Å². The minimum absolute atomic E-state index is 0.0275. The zero-order chi connectivity index (χ0) is 40.5. The van der Waals surface area contributed by atoms with Gasteiger partial charge in [0.25, 0.3) is 0 Å². The van der Waals surface area contributed by atoms with Gasteiger partial charge < -0.3 is 55.1 Å². The molecular weight excluding hydrogens is 731 g/mol. The smallest absolute Gasteiger partial charge is 0.223 e. The Morgan fingerprint density at radius 3 is 1.96 bits per heavy atom. The Bertz CT molecular complexity index is 1470. The molecule has 2 fully saturated rings. The molecule has 0 aliphatic heterocycles. The summed E-state index contributed by atoms with van der Waals surface area (Å²) in [5.74, 6) is 1.48. The van der Waals surface area contributed by atoms with Gasteiger partial charge >= 0.3 is 0 Å². The van der Waals surface area contributed by atoms with Crippen molar-refractivity contribution in [2.24, 2.45) is 17.8 Å². The van der Waals surface area contributed by atoms with Crippen LogP contribution in [0.5, 0.6) is 0 Å². The number of aldehydes is 1. The first-order valence-electron chi connectivity index (χ1n) is 21.1. The van der Waals surface area contributed by atoms with E-state index in [4.69, 9.17) is 29.4 Å². The van der Waals surface area contributed by atoms with Crippen molar-refractivity contribution in [3.8, 4) is 0 Å². The molecule has 2 aromatic rings. The first-order valence-corrected chi connectivity index (χ1v) is 21.1. The average Bonchev–Trinajstić information content (AvgIpc) is 3.31. The standard InChI is InChI=1S/C42H69N7O8/c1-44-40-41(34-14-8-9-15-36(34)48-42(40)43)49(2)19-11-10-18-45-37(51)16-20-53-22-24-55-26-28-57-29-27-56-25-23-54-21-17-38(52)46-31-47-39-33-13-7-5-3-4-6-12-32(33)35(39)30-50/h8-9,14-15,30,32-33,35,39,44,47H,3-7,10-13,16-29,31H2,1-2H3,(H2,43,48)(H,45,51)(H,46,52). The SMILES string of the molecule is CNc1c(N)nc2ccccc2c1N(C)CCCCNC(=O)CCOCCOCCOCCOCCOCCC(=O)NCNC1C(C=O)C2CCCCCCCC21. The van der Waals surface area contributed by atoms with Crippen molar-refractivity contribution in [1.29, 1.82) is 0 Å². The number of pyridine rings is 1. The number of carbonyl (C=O) groups excluding carboxylic acids is 3. The van der Waals surface area contributed by atoms with E-state index in [2.05, 4.69) is 37.2 Å². The lowest BCUT2D eigenvalue weighted by Gasteiger charge is -2.50. The molecule has 2 amide bonds. The summed E-state index contributed by atoms with van der Waals surface area (Å²) in [7, 11) is 3.90. The van der Waals surface area contributed by atoms with Crippen LogP contribution in [0.2, 0.25) is 0 Å². The number of nitrogen functional groups attached to an aromatic ring is 1. The van der Waals surface area contributed by atoms with Crippen LogP contribution in [0.4, 0.5) is 17.2 Å². The molecule has 1 aromatic heterocycles. The van der Waals surface area contributed by atoms with Crippen molar-refractivity contribution in [2.75, 3.05) is 116 Å². The molecular formula is C42H69N7O8. The molecule has 57 heavy (non-hydrogen) atoms. The molecule has 0 spiro atoms. The monoisotopic (exact) mass is 800 g/mol. The van der Waals surface area contributed by atoms with Crippen LogP contribution in [-0.4, -0.2) is 129 Å². The van der Waals surface area contributed by atoms with E-state index >= 15 is 0 Å². The molecule has 15 heteroatoms. The summed E-state index contributed by atoms with van der Waals surface area (Å²) in [6.45, 7) is 5.91. The summed E-state index contributed by atoms with van der Waals surface area (Å²) < 4.78 is 27.6. The molecule has 320 valence electrons. The van der Waals surface area contributed by atoms with Crippen molar-refractivity contribution < 1.29 is 38.1 Å². The number of hydrogen-bond acceptors (Lipinski definition) is 13. The molecule has 4 atom stereocenters. The minimum Gasteiger partial charge on any atom is -0.383 e. The first kappa shape index (κ1) is 46.1. The van der Waals surface area contributed by atoms with Crippen LogP contribution in [-0.2, 0) is 38.1 Å². The van der Waals surface area contributed by atoms with Crippen LogP contribution in [0.15, 0.2) is 24.3 Å². The fraction of sp³-hybridized carbons (Fsp3) is 0.714. The Balaban J connectivity index is 0.870. The van der Waals surface area contributed by atoms with Crippen LogP contribution < -0.4 is 31.9 Å². The molecule has 4 rings (SSSR count). The summed E-state index contributed by atoms with van der Waals surface area (Å²) in [6, 6.07) is 8.15. The fourth-order valence-electron chi connectivity index (χ4n) is 7.95. The summed E-state index contributed by atoms with van der Waals surface area (Å²) >= 11 is 0. The quantitative estimate of drug-likeness (QED) is 0.0454. The maximum absolute atomic E-state index is 12.2. The Kier molecular flexibility index (Phi) is 22.0. The van der Waals surface area contributed by atoms with E-state index < -0.39 is 0 Å². The molecule has 0 bridgehead atoms. The Hall–Kier alpha value is -3.60. The Morgan fingerprint density at radius 2 is 1.35 bits per heavy atom. The summed E-state index contributed by atoms with van der Waals surface area (Å²) in [4.78, 5) is 42.9. The van der Waals surface area contributed by atoms with Crippen LogP contribution in [0.1, 0.15) is 70.6 Å². The number of fused-ring (bicyclic) bond motifs is 2. The number of amides is 2.